The molecule has 0 bridgehead atoms. The first-order valence-electron chi connectivity index (χ1n) is 7.16. The number of nitrogens with zero attached hydrogens (tertiary/aromatic N) is 1. The van der Waals surface area contributed by atoms with Crippen LogP contribution in [0.25, 0.3) is 0 Å². The molecule has 0 atom stereocenters. The lowest BCUT2D eigenvalue weighted by Crippen LogP contribution is -2.32. The molecule has 0 aliphatic rings. The molecule has 0 aliphatic carbocycles. The number of nitrogens with one attached hydrogen (secondary N) is 1. The smallest absolute Gasteiger partial charge is 0.226 e. The van der Waals surface area contributed by atoms with E-state index >= 15 is 0 Å². The Bertz CT molecular complexity index is 768. The number of carbonyl (C=O) groups excluding carboxylic acids is 2. The molecule has 4 nitrogen and oxygen atoms in total. The van der Waals surface area contributed by atoms with E-state index in [0.29, 0.717) is 15.7 Å². The third-order valence-corrected chi connectivity index (χ3v) is 4.03. The molecule has 2 aromatic carbocycles. The fourth-order valence-corrected chi connectivity index (χ4v) is 2.43. The standard InChI is InChI=1S/C17H15Cl2FN2O2/c1-11(23)22(16-5-3-2-4-15(16)20)9-8-17(24)21-12-6-7-13(18)14(19)10-12/h2-7,10H,8-9H2,1H3,(H,21,24). The molecule has 0 radical (unpaired) electrons. The molecule has 126 valence electrons. The lowest BCUT2D eigenvalue weighted by atomic mass is 10.2. The second-order valence-electron chi connectivity index (χ2n) is 5.05. The minimum Gasteiger partial charge on any atom is -0.326 e. The number of rotatable bonds is 5. The van der Waals surface area contributed by atoms with Crippen molar-refractivity contribution in [3.63, 3.8) is 0 Å². The number of carbonyl (C=O) groups is 2. The Kier molecular flexibility index (Phi) is 6.17. The summed E-state index contributed by atoms with van der Waals surface area (Å²) in [5.41, 5.74) is 0.641. The van der Waals surface area contributed by atoms with Gasteiger partial charge < -0.3 is 10.2 Å². The highest BCUT2D eigenvalue weighted by atomic mass is 35.5. The van der Waals surface area contributed by atoms with Gasteiger partial charge in [0.1, 0.15) is 5.82 Å². The maximum absolute atomic E-state index is 13.8. The van der Waals surface area contributed by atoms with Gasteiger partial charge in [0.25, 0.3) is 0 Å². The number of para-hydroxylation sites is 1. The van der Waals surface area contributed by atoms with Gasteiger partial charge in [-0.3, -0.25) is 9.59 Å². The van der Waals surface area contributed by atoms with Gasteiger partial charge in [-0.05, 0) is 30.3 Å². The maximum atomic E-state index is 13.8. The molecule has 0 aliphatic heterocycles. The SMILES string of the molecule is CC(=O)N(CCC(=O)Nc1ccc(Cl)c(Cl)c1)c1ccccc1F. The van der Waals surface area contributed by atoms with E-state index in [0.717, 1.165) is 0 Å². The normalized spacial score (nSPS) is 10.3. The van der Waals surface area contributed by atoms with E-state index in [1.807, 2.05) is 0 Å². The summed E-state index contributed by atoms with van der Waals surface area (Å²) in [6, 6.07) is 10.6. The van der Waals surface area contributed by atoms with Crippen LogP contribution in [-0.2, 0) is 9.59 Å². The van der Waals surface area contributed by atoms with E-state index in [1.54, 1.807) is 18.2 Å². The highest BCUT2D eigenvalue weighted by molar-refractivity contribution is 6.42. The van der Waals surface area contributed by atoms with Gasteiger partial charge in [0.15, 0.2) is 0 Å². The van der Waals surface area contributed by atoms with Crippen LogP contribution in [0.5, 0.6) is 0 Å². The Balaban J connectivity index is 2.01. The average molecular weight is 369 g/mol. The number of hydrogen-bond acceptors (Lipinski definition) is 2. The van der Waals surface area contributed by atoms with Crippen LogP contribution in [0.2, 0.25) is 10.0 Å². The lowest BCUT2D eigenvalue weighted by Gasteiger charge is -2.21. The van der Waals surface area contributed by atoms with Crippen LogP contribution in [0, 0.1) is 5.82 Å². The summed E-state index contributed by atoms with van der Waals surface area (Å²) in [7, 11) is 0. The highest BCUT2D eigenvalue weighted by Gasteiger charge is 2.16. The van der Waals surface area contributed by atoms with Gasteiger partial charge in [0.05, 0.1) is 15.7 Å². The number of amides is 2. The summed E-state index contributed by atoms with van der Waals surface area (Å²) in [6.45, 7) is 1.38. The van der Waals surface area contributed by atoms with Crippen molar-refractivity contribution in [3.05, 3.63) is 58.3 Å². The molecule has 2 amide bonds. The van der Waals surface area contributed by atoms with Crippen molar-refractivity contribution in [1.29, 1.82) is 0 Å². The molecule has 0 heterocycles. The minimum absolute atomic E-state index is 0.00810. The van der Waals surface area contributed by atoms with E-state index in [9.17, 15) is 14.0 Å². The zero-order chi connectivity index (χ0) is 17.7. The second-order valence-corrected chi connectivity index (χ2v) is 5.86. The summed E-state index contributed by atoms with van der Waals surface area (Å²) >= 11 is 11.7. The van der Waals surface area contributed by atoms with Crippen molar-refractivity contribution in [3.8, 4) is 0 Å². The van der Waals surface area contributed by atoms with Crippen LogP contribution in [0.4, 0.5) is 15.8 Å². The van der Waals surface area contributed by atoms with Crippen molar-refractivity contribution in [2.45, 2.75) is 13.3 Å². The summed E-state index contributed by atoms with van der Waals surface area (Å²) in [5, 5.41) is 3.37. The second kappa shape index (κ2) is 8.13. The first kappa shape index (κ1) is 18.2. The molecular formula is C17H15Cl2FN2O2. The minimum atomic E-state index is -0.516. The van der Waals surface area contributed by atoms with Crippen LogP contribution < -0.4 is 10.2 Å². The average Bonchev–Trinajstić information content (AvgIpc) is 2.52. The van der Waals surface area contributed by atoms with Gasteiger partial charge in [-0.1, -0.05) is 35.3 Å². The molecule has 0 saturated heterocycles. The predicted octanol–water partition coefficient (Wildman–Crippen LogP) is 4.51. The molecule has 0 unspecified atom stereocenters. The molecule has 24 heavy (non-hydrogen) atoms. The van der Waals surface area contributed by atoms with Crippen molar-refractivity contribution in [2.24, 2.45) is 0 Å². The van der Waals surface area contributed by atoms with Gasteiger partial charge in [-0.15, -0.1) is 0 Å². The van der Waals surface area contributed by atoms with Gasteiger partial charge in [-0.25, -0.2) is 4.39 Å². The van der Waals surface area contributed by atoms with Gasteiger partial charge in [-0.2, -0.15) is 0 Å². The molecule has 0 aromatic heterocycles. The Morgan fingerprint density at radius 1 is 1.12 bits per heavy atom. The van der Waals surface area contributed by atoms with Crippen molar-refractivity contribution in [2.75, 3.05) is 16.8 Å². The monoisotopic (exact) mass is 368 g/mol. The van der Waals surface area contributed by atoms with Crippen molar-refractivity contribution in [1.82, 2.24) is 0 Å². The van der Waals surface area contributed by atoms with Crippen LogP contribution in [0.3, 0.4) is 0 Å². The number of anilines is 2. The zero-order valence-electron chi connectivity index (χ0n) is 12.9. The Morgan fingerprint density at radius 2 is 1.83 bits per heavy atom. The van der Waals surface area contributed by atoms with Crippen LogP contribution in [0.1, 0.15) is 13.3 Å². The molecule has 0 spiro atoms. The summed E-state index contributed by atoms with van der Waals surface area (Å²) < 4.78 is 13.8. The van der Waals surface area contributed by atoms with Crippen LogP contribution in [-0.4, -0.2) is 18.4 Å². The van der Waals surface area contributed by atoms with Crippen molar-refractivity contribution >= 4 is 46.4 Å². The van der Waals surface area contributed by atoms with Crippen LogP contribution >= 0.6 is 23.2 Å². The largest absolute Gasteiger partial charge is 0.326 e. The van der Waals surface area contributed by atoms with Gasteiger partial charge in [0, 0.05) is 25.6 Å². The number of hydrogen-bond donors (Lipinski definition) is 1. The fraction of sp³-hybridized carbons (Fsp3) is 0.176. The maximum Gasteiger partial charge on any atom is 0.226 e. The third-order valence-electron chi connectivity index (χ3n) is 3.29. The first-order valence-corrected chi connectivity index (χ1v) is 7.91. The predicted molar refractivity (Wildman–Crippen MR) is 94.1 cm³/mol. The lowest BCUT2D eigenvalue weighted by molar-refractivity contribution is -0.117. The Hall–Kier alpha value is -2.11. The topological polar surface area (TPSA) is 49.4 Å². The summed E-state index contributed by atoms with van der Waals surface area (Å²) in [6.07, 6.45) is 0.00810. The Labute approximate surface area is 149 Å². The molecule has 0 fully saturated rings. The van der Waals surface area contributed by atoms with E-state index < -0.39 is 5.82 Å². The molecule has 0 saturated carbocycles. The van der Waals surface area contributed by atoms with Crippen molar-refractivity contribution < 1.29 is 14.0 Å². The number of halogens is 3. The molecule has 7 heteroatoms. The summed E-state index contributed by atoms with van der Waals surface area (Å²) in [4.78, 5) is 25.0. The molecule has 1 N–H and O–H groups in total. The molecule has 2 aromatic rings. The molecular weight excluding hydrogens is 354 g/mol. The first-order chi connectivity index (χ1) is 11.4. The Morgan fingerprint density at radius 3 is 2.46 bits per heavy atom. The van der Waals surface area contributed by atoms with Gasteiger partial charge >= 0.3 is 0 Å². The van der Waals surface area contributed by atoms with Crippen LogP contribution in [0.15, 0.2) is 42.5 Å². The fourth-order valence-electron chi connectivity index (χ4n) is 2.13. The van der Waals surface area contributed by atoms with E-state index in [1.165, 1.54) is 36.1 Å². The number of benzene rings is 2. The van der Waals surface area contributed by atoms with E-state index in [2.05, 4.69) is 5.32 Å². The quantitative estimate of drug-likeness (QED) is 0.843. The molecule has 2 rings (SSSR count). The highest BCUT2D eigenvalue weighted by Crippen LogP contribution is 2.25. The van der Waals surface area contributed by atoms with E-state index in [4.69, 9.17) is 23.2 Å². The summed E-state index contributed by atoms with van der Waals surface area (Å²) in [5.74, 6) is -1.18. The van der Waals surface area contributed by atoms with E-state index in [-0.39, 0.29) is 30.5 Å². The van der Waals surface area contributed by atoms with Gasteiger partial charge in [0.2, 0.25) is 11.8 Å². The third kappa shape index (κ3) is 4.69. The zero-order valence-corrected chi connectivity index (χ0v) is 14.4.